The van der Waals surface area contributed by atoms with Crippen molar-refractivity contribution in [2.24, 2.45) is 0 Å². The van der Waals surface area contributed by atoms with Crippen LogP contribution in [0.4, 0.5) is 0 Å². The Morgan fingerprint density at radius 1 is 1.31 bits per heavy atom. The number of rotatable bonds is 4. The minimum atomic E-state index is -0.419. The molecular weight excluding hydrogens is 160 g/mol. The van der Waals surface area contributed by atoms with E-state index in [2.05, 4.69) is 6.58 Å². The maximum Gasteiger partial charge on any atom is 0.0758 e. The predicted octanol–water partition coefficient (Wildman–Crippen LogP) is 2.64. The monoisotopic (exact) mass is 174 g/mol. The SMILES string of the molecule is C=CC[C@H](O)/C=C/c1ccccc1. The Bertz CT molecular complexity index is 274. The zero-order valence-electron chi connectivity index (χ0n) is 7.56. The first-order chi connectivity index (χ1) is 6.33. The second kappa shape index (κ2) is 5.33. The Labute approximate surface area is 79.0 Å². The minimum absolute atomic E-state index is 0.419. The van der Waals surface area contributed by atoms with E-state index in [0.29, 0.717) is 6.42 Å². The third-order valence-electron chi connectivity index (χ3n) is 1.72. The number of aliphatic hydroxyl groups is 1. The van der Waals surface area contributed by atoms with Crippen molar-refractivity contribution in [1.82, 2.24) is 0 Å². The van der Waals surface area contributed by atoms with Crippen molar-refractivity contribution in [2.45, 2.75) is 12.5 Å². The van der Waals surface area contributed by atoms with E-state index in [1.54, 1.807) is 12.2 Å². The molecule has 0 aliphatic carbocycles. The quantitative estimate of drug-likeness (QED) is 0.696. The molecule has 1 rings (SSSR count). The fraction of sp³-hybridized carbons (Fsp3) is 0.167. The van der Waals surface area contributed by atoms with Crippen molar-refractivity contribution in [1.29, 1.82) is 0 Å². The molecule has 0 saturated heterocycles. The van der Waals surface area contributed by atoms with E-state index in [1.165, 1.54) is 0 Å². The molecule has 1 heteroatoms. The van der Waals surface area contributed by atoms with Crippen molar-refractivity contribution in [3.05, 3.63) is 54.6 Å². The molecule has 0 spiro atoms. The number of hydrogen-bond acceptors (Lipinski definition) is 1. The maximum absolute atomic E-state index is 9.35. The normalized spacial score (nSPS) is 13.0. The van der Waals surface area contributed by atoms with Gasteiger partial charge in [-0.15, -0.1) is 6.58 Å². The van der Waals surface area contributed by atoms with Gasteiger partial charge in [0.1, 0.15) is 0 Å². The number of hydrogen-bond donors (Lipinski definition) is 1. The van der Waals surface area contributed by atoms with E-state index in [4.69, 9.17) is 0 Å². The van der Waals surface area contributed by atoms with E-state index >= 15 is 0 Å². The van der Waals surface area contributed by atoms with Crippen molar-refractivity contribution in [3.63, 3.8) is 0 Å². The molecule has 0 heterocycles. The summed E-state index contributed by atoms with van der Waals surface area (Å²) in [6.07, 6.45) is 5.58. The average molecular weight is 174 g/mol. The maximum atomic E-state index is 9.35. The predicted molar refractivity (Wildman–Crippen MR) is 56.3 cm³/mol. The summed E-state index contributed by atoms with van der Waals surface area (Å²) in [5.41, 5.74) is 1.10. The molecule has 1 aromatic carbocycles. The lowest BCUT2D eigenvalue weighted by atomic mass is 10.1. The summed E-state index contributed by atoms with van der Waals surface area (Å²) < 4.78 is 0. The highest BCUT2D eigenvalue weighted by atomic mass is 16.3. The van der Waals surface area contributed by atoms with Gasteiger partial charge in [0, 0.05) is 0 Å². The van der Waals surface area contributed by atoms with E-state index in [9.17, 15) is 5.11 Å². The van der Waals surface area contributed by atoms with Gasteiger partial charge in [-0.1, -0.05) is 48.6 Å². The first-order valence-corrected chi connectivity index (χ1v) is 4.35. The number of benzene rings is 1. The minimum Gasteiger partial charge on any atom is -0.389 e. The summed E-state index contributed by atoms with van der Waals surface area (Å²) in [5, 5.41) is 9.35. The van der Waals surface area contributed by atoms with Gasteiger partial charge in [0.2, 0.25) is 0 Å². The van der Waals surface area contributed by atoms with Crippen LogP contribution in [0.25, 0.3) is 6.08 Å². The van der Waals surface area contributed by atoms with Crippen LogP contribution in [0.3, 0.4) is 0 Å². The molecule has 0 bridgehead atoms. The Hall–Kier alpha value is -1.34. The molecule has 0 unspecified atom stereocenters. The van der Waals surface area contributed by atoms with Crippen LogP contribution >= 0.6 is 0 Å². The highest BCUT2D eigenvalue weighted by molar-refractivity contribution is 5.49. The molecule has 0 aromatic heterocycles. The standard InChI is InChI=1S/C12H14O/c1-2-6-12(13)10-9-11-7-4-3-5-8-11/h2-5,7-10,12-13H,1,6H2/b10-9+/t12-/m0/s1. The lowest BCUT2D eigenvalue weighted by Gasteiger charge is -1.99. The fourth-order valence-electron chi connectivity index (χ4n) is 1.04. The second-order valence-electron chi connectivity index (χ2n) is 2.86. The Kier molecular flexibility index (Phi) is 4.00. The van der Waals surface area contributed by atoms with Crippen LogP contribution in [0.1, 0.15) is 12.0 Å². The van der Waals surface area contributed by atoms with E-state index in [-0.39, 0.29) is 0 Å². The molecule has 1 aromatic rings. The van der Waals surface area contributed by atoms with Crippen LogP contribution in [-0.2, 0) is 0 Å². The largest absolute Gasteiger partial charge is 0.389 e. The molecule has 68 valence electrons. The Balaban J connectivity index is 2.53. The lowest BCUT2D eigenvalue weighted by Crippen LogP contribution is -1.98. The van der Waals surface area contributed by atoms with Crippen LogP contribution in [0, 0.1) is 0 Å². The zero-order valence-corrected chi connectivity index (χ0v) is 7.56. The molecule has 0 fully saturated rings. The van der Waals surface area contributed by atoms with Crippen molar-refractivity contribution in [3.8, 4) is 0 Å². The van der Waals surface area contributed by atoms with E-state index in [1.807, 2.05) is 36.4 Å². The Morgan fingerprint density at radius 3 is 2.62 bits per heavy atom. The van der Waals surface area contributed by atoms with Crippen molar-refractivity contribution >= 4 is 6.08 Å². The van der Waals surface area contributed by atoms with Crippen LogP contribution in [0.15, 0.2) is 49.1 Å². The van der Waals surface area contributed by atoms with Crippen molar-refractivity contribution in [2.75, 3.05) is 0 Å². The van der Waals surface area contributed by atoms with Gasteiger partial charge < -0.3 is 5.11 Å². The van der Waals surface area contributed by atoms with Crippen LogP contribution in [0.2, 0.25) is 0 Å². The van der Waals surface area contributed by atoms with Crippen LogP contribution in [-0.4, -0.2) is 11.2 Å². The molecule has 1 atom stereocenters. The van der Waals surface area contributed by atoms with Gasteiger partial charge in [0.25, 0.3) is 0 Å². The molecule has 0 aliphatic rings. The van der Waals surface area contributed by atoms with E-state index in [0.717, 1.165) is 5.56 Å². The molecule has 1 nitrogen and oxygen atoms in total. The highest BCUT2D eigenvalue weighted by Gasteiger charge is 1.93. The molecular formula is C12H14O. The van der Waals surface area contributed by atoms with Crippen LogP contribution < -0.4 is 0 Å². The summed E-state index contributed by atoms with van der Waals surface area (Å²) in [7, 11) is 0. The van der Waals surface area contributed by atoms with Crippen LogP contribution in [0.5, 0.6) is 0 Å². The van der Waals surface area contributed by atoms with Gasteiger partial charge in [-0.25, -0.2) is 0 Å². The first-order valence-electron chi connectivity index (χ1n) is 4.35. The molecule has 0 amide bonds. The molecule has 0 saturated carbocycles. The number of aliphatic hydroxyl groups excluding tert-OH is 1. The highest BCUT2D eigenvalue weighted by Crippen LogP contribution is 2.03. The average Bonchev–Trinajstić information content (AvgIpc) is 2.17. The van der Waals surface area contributed by atoms with Gasteiger partial charge in [0.15, 0.2) is 0 Å². The first kappa shape index (κ1) is 9.75. The summed E-state index contributed by atoms with van der Waals surface area (Å²) in [4.78, 5) is 0. The second-order valence-corrected chi connectivity index (χ2v) is 2.86. The third kappa shape index (κ3) is 3.72. The molecule has 13 heavy (non-hydrogen) atoms. The zero-order chi connectivity index (χ0) is 9.52. The van der Waals surface area contributed by atoms with Gasteiger partial charge in [-0.05, 0) is 12.0 Å². The van der Waals surface area contributed by atoms with Gasteiger partial charge >= 0.3 is 0 Å². The topological polar surface area (TPSA) is 20.2 Å². The van der Waals surface area contributed by atoms with Gasteiger partial charge in [-0.3, -0.25) is 0 Å². The fourth-order valence-corrected chi connectivity index (χ4v) is 1.04. The summed E-state index contributed by atoms with van der Waals surface area (Å²) in [6, 6.07) is 9.91. The summed E-state index contributed by atoms with van der Waals surface area (Å²) >= 11 is 0. The molecule has 0 aliphatic heterocycles. The van der Waals surface area contributed by atoms with Crippen molar-refractivity contribution < 1.29 is 5.11 Å². The van der Waals surface area contributed by atoms with Gasteiger partial charge in [-0.2, -0.15) is 0 Å². The van der Waals surface area contributed by atoms with E-state index < -0.39 is 6.10 Å². The molecule has 1 N–H and O–H groups in total. The smallest absolute Gasteiger partial charge is 0.0758 e. The lowest BCUT2D eigenvalue weighted by molar-refractivity contribution is 0.228. The Morgan fingerprint density at radius 2 is 2.00 bits per heavy atom. The summed E-state index contributed by atoms with van der Waals surface area (Å²) in [5.74, 6) is 0. The molecule has 0 radical (unpaired) electrons. The third-order valence-corrected chi connectivity index (χ3v) is 1.72. The van der Waals surface area contributed by atoms with Gasteiger partial charge in [0.05, 0.1) is 6.10 Å². The summed E-state index contributed by atoms with van der Waals surface area (Å²) in [6.45, 7) is 3.56.